The lowest BCUT2D eigenvalue weighted by molar-refractivity contribution is 0.465. The third-order valence-corrected chi connectivity index (χ3v) is 23.8. The number of ether oxygens (including phenoxy) is 2. The molecule has 0 aromatic heterocycles. The van der Waals surface area contributed by atoms with Crippen LogP contribution in [0.15, 0.2) is 255 Å². The average molecular weight is 876 g/mol. The summed E-state index contributed by atoms with van der Waals surface area (Å²) in [6.45, 7) is -0.115. The SMILES string of the molecule is c1ccc([Si](c2ccccc2)(c2ccccc2)c2cc3c4c(c2)Oc2ccc(N5c6ccccc6[Si](c6ccccc6)(c6ccccc6)c6ccccc65)cc2B4c2ccccc2O3)cc1. The van der Waals surface area contributed by atoms with Gasteiger partial charge >= 0.3 is 0 Å². The van der Waals surface area contributed by atoms with Crippen molar-refractivity contribution in [3.8, 4) is 23.0 Å². The largest absolute Gasteiger partial charge is 0.458 e. The molecule has 0 bridgehead atoms. The molecule has 0 radical (unpaired) electrons. The van der Waals surface area contributed by atoms with Gasteiger partial charge in [0.2, 0.25) is 0 Å². The van der Waals surface area contributed by atoms with Crippen molar-refractivity contribution in [2.24, 2.45) is 0 Å². The summed E-state index contributed by atoms with van der Waals surface area (Å²) >= 11 is 0. The fourth-order valence-corrected chi connectivity index (χ4v) is 21.4. The molecule has 6 heteroatoms. The molecule has 0 atom stereocenters. The van der Waals surface area contributed by atoms with Crippen LogP contribution in [0.5, 0.6) is 23.0 Å². The van der Waals surface area contributed by atoms with Crippen molar-refractivity contribution in [2.75, 3.05) is 4.90 Å². The van der Waals surface area contributed by atoms with Crippen LogP contribution in [-0.4, -0.2) is 22.9 Å². The standard InChI is InChI=1S/C60H42BNO2Si2/c1-6-22-44(23-7-1)65(45-24-8-2-9-25-45,46-26-10-3-11-27-46)49-41-56-60-57(42-49)64-55-39-38-43(40-51(55)61(60)50-32-16-19-35-54(50)63-56)62-52-33-17-20-36-58(52)66(47-28-12-4-13-29-47,48-30-14-5-15-31-48)59-37-21-18-34-53(59)62/h1-42H. The number of benzene rings is 10. The van der Waals surface area contributed by atoms with Gasteiger partial charge < -0.3 is 14.4 Å². The monoisotopic (exact) mass is 875 g/mol. The Balaban J connectivity index is 1.02. The van der Waals surface area contributed by atoms with Crippen LogP contribution in [-0.2, 0) is 0 Å². The van der Waals surface area contributed by atoms with Crippen molar-refractivity contribution in [1.29, 1.82) is 0 Å². The molecule has 3 aliphatic heterocycles. The molecule has 0 saturated heterocycles. The molecular weight excluding hydrogens is 834 g/mol. The summed E-state index contributed by atoms with van der Waals surface area (Å²) < 4.78 is 14.3. The molecular formula is C60H42BNO2Si2. The quantitative estimate of drug-likeness (QED) is 0.128. The predicted octanol–water partition coefficient (Wildman–Crippen LogP) is 6.95. The first-order chi connectivity index (χ1) is 32.7. The van der Waals surface area contributed by atoms with Gasteiger partial charge in [-0.15, -0.1) is 0 Å². The summed E-state index contributed by atoms with van der Waals surface area (Å²) in [5, 5.41) is 10.6. The molecule has 3 heterocycles. The Kier molecular flexibility index (Phi) is 8.98. The lowest BCUT2D eigenvalue weighted by Crippen LogP contribution is -2.77. The molecule has 0 unspecified atom stereocenters. The molecule has 0 amide bonds. The van der Waals surface area contributed by atoms with E-state index in [-0.39, 0.29) is 6.71 Å². The zero-order valence-corrected chi connectivity index (χ0v) is 38.1. The minimum absolute atomic E-state index is 0.115. The fourth-order valence-electron chi connectivity index (χ4n) is 11.5. The Morgan fingerprint density at radius 1 is 0.348 bits per heavy atom. The predicted molar refractivity (Wildman–Crippen MR) is 280 cm³/mol. The lowest BCUT2D eigenvalue weighted by Gasteiger charge is -2.45. The van der Waals surface area contributed by atoms with Gasteiger partial charge in [0.1, 0.15) is 23.0 Å². The highest BCUT2D eigenvalue weighted by Gasteiger charge is 2.50. The Bertz CT molecular complexity index is 3240. The molecule has 3 nitrogen and oxygen atoms in total. The molecule has 0 saturated carbocycles. The zero-order valence-electron chi connectivity index (χ0n) is 36.1. The van der Waals surface area contributed by atoms with E-state index in [0.29, 0.717) is 0 Å². The van der Waals surface area contributed by atoms with Gasteiger partial charge in [-0.25, -0.2) is 0 Å². The van der Waals surface area contributed by atoms with Crippen molar-refractivity contribution in [1.82, 2.24) is 0 Å². The van der Waals surface area contributed by atoms with Crippen molar-refractivity contribution in [3.05, 3.63) is 255 Å². The van der Waals surface area contributed by atoms with Crippen LogP contribution >= 0.6 is 0 Å². The van der Waals surface area contributed by atoms with Crippen molar-refractivity contribution in [3.63, 3.8) is 0 Å². The van der Waals surface area contributed by atoms with Crippen LogP contribution in [0.2, 0.25) is 0 Å². The maximum Gasteiger partial charge on any atom is 0.260 e. The Morgan fingerprint density at radius 3 is 1.29 bits per heavy atom. The molecule has 66 heavy (non-hydrogen) atoms. The van der Waals surface area contributed by atoms with Crippen LogP contribution in [0.4, 0.5) is 17.1 Å². The zero-order chi connectivity index (χ0) is 43.7. The van der Waals surface area contributed by atoms with Gasteiger partial charge in [-0.2, -0.15) is 0 Å². The van der Waals surface area contributed by atoms with Crippen molar-refractivity contribution in [2.45, 2.75) is 0 Å². The first-order valence-electron chi connectivity index (χ1n) is 22.8. The van der Waals surface area contributed by atoms with Crippen LogP contribution in [0.25, 0.3) is 0 Å². The van der Waals surface area contributed by atoms with E-state index < -0.39 is 16.1 Å². The molecule has 0 fully saturated rings. The maximum absolute atomic E-state index is 7.24. The summed E-state index contributed by atoms with van der Waals surface area (Å²) in [4.78, 5) is 2.49. The maximum atomic E-state index is 7.24. The third-order valence-electron chi connectivity index (χ3n) is 14.2. The second kappa shape index (κ2) is 15.4. The summed E-state index contributed by atoms with van der Waals surface area (Å²) in [6.07, 6.45) is 0. The van der Waals surface area contributed by atoms with Gasteiger partial charge in [0, 0.05) is 22.5 Å². The molecule has 0 aliphatic carbocycles. The number of hydrogen-bond acceptors (Lipinski definition) is 3. The molecule has 10 aromatic carbocycles. The Morgan fingerprint density at radius 2 is 0.773 bits per heavy atom. The van der Waals surface area contributed by atoms with E-state index >= 15 is 0 Å². The first-order valence-corrected chi connectivity index (χ1v) is 26.8. The normalized spacial score (nSPS) is 13.8. The van der Waals surface area contributed by atoms with E-state index in [9.17, 15) is 0 Å². The van der Waals surface area contributed by atoms with Gasteiger partial charge in [-0.3, -0.25) is 0 Å². The van der Waals surface area contributed by atoms with E-state index in [1.165, 1.54) is 52.9 Å². The summed E-state index contributed by atoms with van der Waals surface area (Å²) in [5.41, 5.74) is 6.83. The minimum Gasteiger partial charge on any atom is -0.458 e. The number of anilines is 3. The van der Waals surface area contributed by atoms with Crippen LogP contribution in [0.1, 0.15) is 0 Å². The van der Waals surface area contributed by atoms with E-state index in [1.54, 1.807) is 0 Å². The van der Waals surface area contributed by atoms with Gasteiger partial charge in [0.15, 0.2) is 16.1 Å². The number of fused-ring (bicyclic) bond motifs is 6. The summed E-state index contributed by atoms with van der Waals surface area (Å²) in [5.74, 6) is 3.42. The van der Waals surface area contributed by atoms with E-state index in [2.05, 4.69) is 260 Å². The highest BCUT2D eigenvalue weighted by Crippen LogP contribution is 2.41. The second-order valence-corrected chi connectivity index (χ2v) is 25.0. The molecule has 0 N–H and O–H groups in total. The Labute approximate surface area is 387 Å². The number of nitrogens with zero attached hydrogens (tertiary/aromatic N) is 1. The number of rotatable bonds is 7. The van der Waals surface area contributed by atoms with Gasteiger partial charge in [-0.1, -0.05) is 206 Å². The minimum atomic E-state index is -2.91. The summed E-state index contributed by atoms with van der Waals surface area (Å²) in [7, 11) is -5.68. The molecule has 13 rings (SSSR count). The summed E-state index contributed by atoms with van der Waals surface area (Å²) in [6, 6.07) is 93.9. The van der Waals surface area contributed by atoms with E-state index in [0.717, 1.165) is 45.1 Å². The van der Waals surface area contributed by atoms with Gasteiger partial charge in [0.25, 0.3) is 6.71 Å². The highest BCUT2D eigenvalue weighted by atomic mass is 28.3. The first kappa shape index (κ1) is 38.5. The molecule has 310 valence electrons. The Hall–Kier alpha value is -7.90. The fraction of sp³-hybridized carbons (Fsp3) is 0. The van der Waals surface area contributed by atoms with E-state index in [1.807, 2.05) is 0 Å². The van der Waals surface area contributed by atoms with Crippen LogP contribution < -0.4 is 72.3 Å². The van der Waals surface area contributed by atoms with Gasteiger partial charge in [0.05, 0.1) is 0 Å². The van der Waals surface area contributed by atoms with Crippen LogP contribution in [0.3, 0.4) is 0 Å². The number of para-hydroxylation sites is 3. The van der Waals surface area contributed by atoms with Crippen molar-refractivity contribution >= 4 is 97.8 Å². The average Bonchev–Trinajstić information content (AvgIpc) is 3.39. The molecule has 10 aromatic rings. The van der Waals surface area contributed by atoms with Crippen LogP contribution in [0, 0.1) is 0 Å². The third kappa shape index (κ3) is 5.62. The topological polar surface area (TPSA) is 21.7 Å². The van der Waals surface area contributed by atoms with Crippen molar-refractivity contribution < 1.29 is 9.47 Å². The molecule has 3 aliphatic rings. The lowest BCUT2D eigenvalue weighted by atomic mass is 9.35. The van der Waals surface area contributed by atoms with E-state index in [4.69, 9.17) is 9.47 Å². The molecule has 0 spiro atoms. The van der Waals surface area contributed by atoms with Gasteiger partial charge in [-0.05, 0) is 101 Å². The second-order valence-electron chi connectivity index (χ2n) is 17.5. The number of hydrogen-bond donors (Lipinski definition) is 0. The smallest absolute Gasteiger partial charge is 0.260 e. The highest BCUT2D eigenvalue weighted by molar-refractivity contribution is 7.21.